The number of hydrogen-bond donors (Lipinski definition) is 4. The summed E-state index contributed by atoms with van der Waals surface area (Å²) in [6, 6.07) is 23.0. The van der Waals surface area contributed by atoms with Crippen LogP contribution in [0.5, 0.6) is 11.5 Å². The maximum atomic E-state index is 14.1. The number of nitro benzene ring substituents is 1. The van der Waals surface area contributed by atoms with E-state index in [0.717, 1.165) is 102 Å². The number of aliphatic hydroxyl groups is 1. The molecule has 3 aromatic carbocycles. The number of amides is 1. The van der Waals surface area contributed by atoms with Crippen molar-refractivity contribution in [2.45, 2.75) is 120 Å². The van der Waals surface area contributed by atoms with Gasteiger partial charge in [-0.25, -0.2) is 18.1 Å². The van der Waals surface area contributed by atoms with Crippen LogP contribution in [-0.2, 0) is 14.8 Å². The highest BCUT2D eigenvalue weighted by molar-refractivity contribution is 7.90. The molecule has 2 aromatic heterocycles. The van der Waals surface area contributed by atoms with Crippen molar-refractivity contribution in [2.24, 2.45) is 11.3 Å². The summed E-state index contributed by atoms with van der Waals surface area (Å²) in [5, 5.41) is 26.5. The first-order chi connectivity index (χ1) is 34.1. The summed E-state index contributed by atoms with van der Waals surface area (Å²) in [5.74, 6) is 0.222. The number of piperazine rings is 1. The van der Waals surface area contributed by atoms with Gasteiger partial charge in [0.1, 0.15) is 22.8 Å². The molecule has 0 bridgehead atoms. The number of hydrogen-bond acceptors (Lipinski definition) is 13. The Bertz CT molecular complexity index is 2840. The van der Waals surface area contributed by atoms with E-state index < -0.39 is 37.0 Å². The lowest BCUT2D eigenvalue weighted by Crippen LogP contribution is -2.61. The first kappa shape index (κ1) is 49.0. The Hall–Kier alpha value is -5.59. The SMILES string of the molecule is CC(C)c1ccccc1C1CN(C2CCOCC2)CCN1C1CC2(CCN(c3ccc(C(=O)NS(=O)(=O)c4ccc(NCC5CCC(C)(O)CC5)c([N+](=O)[O-])c4)c(Oc4cnc5[nH]ccc5c4)c3)CC2)C1. The molecular formula is C54H68N8O8S. The maximum absolute atomic E-state index is 14.1. The van der Waals surface area contributed by atoms with E-state index in [-0.39, 0.29) is 28.3 Å². The molecule has 1 amide bonds. The zero-order chi connectivity index (χ0) is 49.5. The average Bonchev–Trinajstić information content (AvgIpc) is 3.83. The number of carbonyl (C=O) groups excluding carboxylic acids is 1. The minimum absolute atomic E-state index is 0.0217. The molecule has 5 heterocycles. The van der Waals surface area contributed by atoms with Crippen LogP contribution in [0.3, 0.4) is 0 Å². The normalized spacial score (nSPS) is 23.7. The Morgan fingerprint density at radius 2 is 1.72 bits per heavy atom. The Balaban J connectivity index is 0.834. The van der Waals surface area contributed by atoms with Crippen molar-refractivity contribution in [1.29, 1.82) is 0 Å². The molecule has 5 aromatic rings. The summed E-state index contributed by atoms with van der Waals surface area (Å²) in [7, 11) is -4.58. The highest BCUT2D eigenvalue weighted by atomic mass is 32.2. The van der Waals surface area contributed by atoms with E-state index in [1.165, 1.54) is 36.1 Å². The van der Waals surface area contributed by atoms with Crippen molar-refractivity contribution in [3.05, 3.63) is 112 Å². The number of anilines is 2. The van der Waals surface area contributed by atoms with E-state index in [9.17, 15) is 28.4 Å². The van der Waals surface area contributed by atoms with Crippen molar-refractivity contribution in [3.63, 3.8) is 0 Å². The Morgan fingerprint density at radius 3 is 2.46 bits per heavy atom. The van der Waals surface area contributed by atoms with Crippen LogP contribution in [0, 0.1) is 21.4 Å². The zero-order valence-corrected chi connectivity index (χ0v) is 42.0. The molecule has 3 saturated heterocycles. The number of rotatable bonds is 14. The average molecular weight is 989 g/mol. The topological polar surface area (TPSA) is 195 Å². The van der Waals surface area contributed by atoms with Gasteiger partial charge in [0, 0.05) is 100 Å². The van der Waals surface area contributed by atoms with Crippen molar-refractivity contribution >= 4 is 44.0 Å². The van der Waals surface area contributed by atoms with Gasteiger partial charge in [-0.15, -0.1) is 0 Å². The second kappa shape index (κ2) is 20.1. The molecule has 1 unspecified atom stereocenters. The number of aromatic nitrogens is 2. The number of nitrogens with one attached hydrogen (secondary N) is 3. The molecule has 71 heavy (non-hydrogen) atoms. The Morgan fingerprint density at radius 1 is 0.958 bits per heavy atom. The second-order valence-electron chi connectivity index (χ2n) is 21.5. The molecule has 10 rings (SSSR count). The fourth-order valence-corrected chi connectivity index (χ4v) is 13.1. The van der Waals surface area contributed by atoms with Crippen LogP contribution in [0.15, 0.2) is 90.1 Å². The first-order valence-electron chi connectivity index (χ1n) is 25.6. The van der Waals surface area contributed by atoms with Gasteiger partial charge in [0.25, 0.3) is 21.6 Å². The highest BCUT2D eigenvalue weighted by Gasteiger charge is 2.50. The third kappa shape index (κ3) is 10.7. The van der Waals surface area contributed by atoms with E-state index in [1.807, 2.05) is 19.1 Å². The number of carbonyl (C=O) groups is 1. The maximum Gasteiger partial charge on any atom is 0.293 e. The predicted molar refractivity (Wildman–Crippen MR) is 274 cm³/mol. The summed E-state index contributed by atoms with van der Waals surface area (Å²) in [4.78, 5) is 40.7. The molecule has 3 aliphatic heterocycles. The van der Waals surface area contributed by atoms with E-state index in [0.29, 0.717) is 54.8 Å². The van der Waals surface area contributed by atoms with E-state index in [2.05, 4.69) is 72.8 Å². The zero-order valence-electron chi connectivity index (χ0n) is 41.1. The molecule has 1 atom stereocenters. The van der Waals surface area contributed by atoms with Crippen LogP contribution >= 0.6 is 0 Å². The monoisotopic (exact) mass is 988 g/mol. The number of nitro groups is 1. The molecule has 2 aliphatic carbocycles. The molecule has 4 N–H and O–H groups in total. The van der Waals surface area contributed by atoms with Gasteiger partial charge >= 0.3 is 0 Å². The van der Waals surface area contributed by atoms with Gasteiger partial charge in [-0.2, -0.15) is 0 Å². The van der Waals surface area contributed by atoms with E-state index in [4.69, 9.17) is 9.47 Å². The lowest BCUT2D eigenvalue weighted by atomic mass is 9.59. The van der Waals surface area contributed by atoms with Gasteiger partial charge in [-0.1, -0.05) is 38.1 Å². The number of aromatic amines is 1. The summed E-state index contributed by atoms with van der Waals surface area (Å²) in [6.07, 6.45) is 12.7. The van der Waals surface area contributed by atoms with Crippen LogP contribution in [-0.4, -0.2) is 114 Å². The largest absolute Gasteiger partial charge is 0.455 e. The van der Waals surface area contributed by atoms with Crippen LogP contribution in [0.1, 0.15) is 118 Å². The van der Waals surface area contributed by atoms with Crippen molar-refractivity contribution in [2.75, 3.05) is 62.7 Å². The molecule has 16 nitrogen and oxygen atoms in total. The predicted octanol–water partition coefficient (Wildman–Crippen LogP) is 9.15. The minimum Gasteiger partial charge on any atom is -0.455 e. The van der Waals surface area contributed by atoms with Crippen molar-refractivity contribution < 1.29 is 32.7 Å². The third-order valence-corrected chi connectivity index (χ3v) is 17.7. The smallest absolute Gasteiger partial charge is 0.293 e. The van der Waals surface area contributed by atoms with Gasteiger partial charge in [0.15, 0.2) is 0 Å². The van der Waals surface area contributed by atoms with Crippen LogP contribution in [0.4, 0.5) is 17.1 Å². The van der Waals surface area contributed by atoms with Gasteiger partial charge in [0.05, 0.1) is 27.2 Å². The van der Waals surface area contributed by atoms with Crippen molar-refractivity contribution in [1.82, 2.24) is 24.5 Å². The summed E-state index contributed by atoms with van der Waals surface area (Å²) < 4.78 is 42.0. The number of nitrogens with zero attached hydrogens (tertiary/aromatic N) is 5. The van der Waals surface area contributed by atoms with E-state index >= 15 is 0 Å². The van der Waals surface area contributed by atoms with Crippen LogP contribution < -0.4 is 19.7 Å². The Kier molecular flexibility index (Phi) is 13.9. The van der Waals surface area contributed by atoms with Gasteiger partial charge in [-0.3, -0.25) is 24.7 Å². The molecule has 2 saturated carbocycles. The third-order valence-electron chi connectivity index (χ3n) is 16.4. The number of pyridine rings is 1. The number of ether oxygens (including phenoxy) is 2. The molecule has 1 spiro atoms. The lowest BCUT2D eigenvalue weighted by Gasteiger charge is -2.59. The molecule has 378 valence electrons. The molecular weight excluding hydrogens is 921 g/mol. The highest BCUT2D eigenvalue weighted by Crippen LogP contribution is 2.53. The minimum atomic E-state index is -4.58. The van der Waals surface area contributed by atoms with E-state index in [1.54, 1.807) is 30.6 Å². The quantitative estimate of drug-likeness (QED) is 0.0608. The summed E-state index contributed by atoms with van der Waals surface area (Å²) in [5.41, 5.74) is 3.72. The molecule has 5 aliphatic rings. The number of benzene rings is 3. The van der Waals surface area contributed by atoms with Gasteiger partial charge in [-0.05, 0) is 136 Å². The second-order valence-corrected chi connectivity index (χ2v) is 23.2. The van der Waals surface area contributed by atoms with Crippen LogP contribution in [0.2, 0.25) is 0 Å². The molecule has 5 fully saturated rings. The van der Waals surface area contributed by atoms with Gasteiger partial charge in [0.2, 0.25) is 0 Å². The standard InChI is InChI=1S/C54H68N8O8S/c1-36(2)44-6-4-5-7-45(44)49-35-60(39-15-26-69-27-16-39)24-25-61(49)41-31-54(32-41)19-22-59(23-20-54)40-8-10-46(50(29-40)70-42-28-38-14-21-55-51(38)57-34-42)52(63)58-71(67,68)43-9-11-47(48(30-43)62(65)66)56-33-37-12-17-53(3,64)18-13-37/h4-11,14,21,28-30,34,36-37,39,41,49,56,64H,12-13,15-20,22-27,31-33,35H2,1-3H3,(H,55,57)(H,58,63). The number of piperidine rings is 1. The Labute approximate surface area is 416 Å². The fraction of sp³-hybridized carbons (Fsp3) is 0.519. The van der Waals surface area contributed by atoms with Gasteiger partial charge < -0.3 is 29.8 Å². The number of H-pyrrole nitrogens is 1. The fourth-order valence-electron chi connectivity index (χ4n) is 12.1. The first-order valence-corrected chi connectivity index (χ1v) is 27.1. The molecule has 17 heteroatoms. The van der Waals surface area contributed by atoms with Crippen LogP contribution in [0.25, 0.3) is 11.0 Å². The van der Waals surface area contributed by atoms with Crippen molar-refractivity contribution in [3.8, 4) is 11.5 Å². The molecule has 0 radical (unpaired) electrons. The number of fused-ring (bicyclic) bond motifs is 1. The summed E-state index contributed by atoms with van der Waals surface area (Å²) in [6.45, 7) is 13.4. The number of sulfonamides is 1. The lowest BCUT2D eigenvalue weighted by molar-refractivity contribution is -0.384. The summed E-state index contributed by atoms with van der Waals surface area (Å²) >= 11 is 0.